The van der Waals surface area contributed by atoms with Gasteiger partial charge in [-0.25, -0.2) is 0 Å². The Bertz CT molecular complexity index is 1200. The summed E-state index contributed by atoms with van der Waals surface area (Å²) >= 11 is 0. The summed E-state index contributed by atoms with van der Waals surface area (Å²) in [6, 6.07) is 14.0. The second-order valence-electron chi connectivity index (χ2n) is 9.41. The van der Waals surface area contributed by atoms with Crippen LogP contribution in [0.3, 0.4) is 0 Å². The fraction of sp³-hybridized carbons (Fsp3) is 0.414. The van der Waals surface area contributed by atoms with Crippen LogP contribution in [0.1, 0.15) is 62.0 Å². The quantitative estimate of drug-likeness (QED) is 0.247. The number of nitrogens with one attached hydrogen (secondary N) is 3. The Hall–Kier alpha value is -3.65. The lowest BCUT2D eigenvalue weighted by atomic mass is 10.0. The van der Waals surface area contributed by atoms with Crippen LogP contribution < -0.4 is 15.4 Å². The Morgan fingerprint density at radius 2 is 1.81 bits per heavy atom. The summed E-state index contributed by atoms with van der Waals surface area (Å²) in [6.45, 7) is 3.52. The molecular weight excluding hydrogens is 470 g/mol. The van der Waals surface area contributed by atoms with Crippen molar-refractivity contribution in [3.05, 3.63) is 65.4 Å². The first-order chi connectivity index (χ1) is 17.8. The number of benzene rings is 2. The summed E-state index contributed by atoms with van der Waals surface area (Å²) in [7, 11) is 1.60. The van der Waals surface area contributed by atoms with Crippen molar-refractivity contribution in [1.29, 1.82) is 0 Å². The molecule has 1 unspecified atom stereocenters. The van der Waals surface area contributed by atoms with Gasteiger partial charge in [-0.2, -0.15) is 0 Å². The van der Waals surface area contributed by atoms with E-state index in [0.29, 0.717) is 30.6 Å². The highest BCUT2D eigenvalue weighted by molar-refractivity contribution is 5.93. The molecule has 4 N–H and O–H groups in total. The number of H-pyrrole nitrogens is 1. The van der Waals surface area contributed by atoms with Gasteiger partial charge in [0.15, 0.2) is 0 Å². The highest BCUT2D eigenvalue weighted by atomic mass is 16.5. The monoisotopic (exact) mass is 507 g/mol. The fourth-order valence-electron chi connectivity index (χ4n) is 4.40. The molecule has 198 valence electrons. The molecule has 3 aromatic rings. The average Bonchev–Trinajstić information content (AvgIpc) is 3.20. The van der Waals surface area contributed by atoms with Crippen molar-refractivity contribution in [2.75, 3.05) is 13.7 Å². The summed E-state index contributed by atoms with van der Waals surface area (Å²) in [6.07, 6.45) is 2.44. The van der Waals surface area contributed by atoms with Gasteiger partial charge in [0.05, 0.1) is 19.6 Å². The summed E-state index contributed by atoms with van der Waals surface area (Å²) in [5.41, 5.74) is 3.36. The molecular formula is C29H37N3O5. The summed E-state index contributed by atoms with van der Waals surface area (Å²) < 4.78 is 5.34. The van der Waals surface area contributed by atoms with Crippen molar-refractivity contribution in [1.82, 2.24) is 15.6 Å². The highest BCUT2D eigenvalue weighted by Gasteiger charge is 2.23. The number of hydrogen-bond donors (Lipinski definition) is 4. The number of amides is 2. The maximum absolute atomic E-state index is 13.1. The van der Waals surface area contributed by atoms with E-state index in [1.54, 1.807) is 26.2 Å². The number of Topliss-reactive ketones (excluding diaryl/α,β-unsaturated/α-hetero) is 1. The van der Waals surface area contributed by atoms with Crippen LogP contribution in [0.2, 0.25) is 0 Å². The van der Waals surface area contributed by atoms with Crippen LogP contribution in [-0.2, 0) is 20.8 Å². The summed E-state index contributed by atoms with van der Waals surface area (Å²) in [5.74, 6) is 0.239. The number of aromatic amines is 1. The second-order valence-corrected chi connectivity index (χ2v) is 9.41. The summed E-state index contributed by atoms with van der Waals surface area (Å²) in [4.78, 5) is 40.6. The maximum atomic E-state index is 13.1. The number of methoxy groups -OCH3 is 1. The lowest BCUT2D eigenvalue weighted by molar-refractivity contribution is -0.129. The number of aliphatic hydroxyl groups excluding tert-OH is 1. The normalized spacial score (nSPS) is 12.6. The number of rotatable bonds is 14. The predicted molar refractivity (Wildman–Crippen MR) is 143 cm³/mol. The van der Waals surface area contributed by atoms with Crippen molar-refractivity contribution in [3.63, 3.8) is 0 Å². The molecule has 0 spiro atoms. The molecule has 0 saturated heterocycles. The number of aromatic nitrogens is 1. The first-order valence-electron chi connectivity index (χ1n) is 12.7. The van der Waals surface area contributed by atoms with Crippen molar-refractivity contribution in [3.8, 4) is 5.75 Å². The molecule has 1 heterocycles. The van der Waals surface area contributed by atoms with Crippen LogP contribution in [0.15, 0.2) is 48.5 Å². The largest absolute Gasteiger partial charge is 0.497 e. The molecule has 0 bridgehead atoms. The Labute approximate surface area is 217 Å². The molecule has 2 aromatic carbocycles. The predicted octanol–water partition coefficient (Wildman–Crippen LogP) is 3.90. The lowest BCUT2D eigenvalue weighted by Crippen LogP contribution is -2.48. The van der Waals surface area contributed by atoms with Gasteiger partial charge in [-0.05, 0) is 56.0 Å². The first kappa shape index (κ1) is 27.9. The molecule has 0 radical (unpaired) electrons. The van der Waals surface area contributed by atoms with Crippen LogP contribution in [0.4, 0.5) is 0 Å². The van der Waals surface area contributed by atoms with E-state index in [-0.39, 0.29) is 30.6 Å². The van der Waals surface area contributed by atoms with E-state index in [0.717, 1.165) is 35.0 Å². The van der Waals surface area contributed by atoms with E-state index in [2.05, 4.69) is 15.6 Å². The molecule has 1 aromatic heterocycles. The number of hydrogen-bond acceptors (Lipinski definition) is 5. The van der Waals surface area contributed by atoms with E-state index in [9.17, 15) is 19.5 Å². The summed E-state index contributed by atoms with van der Waals surface area (Å²) in [5, 5.41) is 17.0. The van der Waals surface area contributed by atoms with E-state index in [1.165, 1.54) is 0 Å². The molecule has 3 rings (SSSR count). The first-order valence-corrected chi connectivity index (χ1v) is 12.7. The topological polar surface area (TPSA) is 121 Å². The number of ketones is 1. The molecule has 37 heavy (non-hydrogen) atoms. The number of fused-ring (bicyclic) bond motifs is 1. The second kappa shape index (κ2) is 13.6. The zero-order chi connectivity index (χ0) is 26.8. The van der Waals surface area contributed by atoms with Crippen molar-refractivity contribution >= 4 is 28.5 Å². The minimum absolute atomic E-state index is 0.0426. The van der Waals surface area contributed by atoms with E-state index >= 15 is 0 Å². The van der Waals surface area contributed by atoms with Gasteiger partial charge in [0, 0.05) is 29.6 Å². The van der Waals surface area contributed by atoms with Crippen LogP contribution in [0.25, 0.3) is 10.9 Å². The van der Waals surface area contributed by atoms with Gasteiger partial charge in [-0.1, -0.05) is 43.2 Å². The van der Waals surface area contributed by atoms with Gasteiger partial charge < -0.3 is 30.3 Å². The molecule has 0 fully saturated rings. The Morgan fingerprint density at radius 3 is 2.51 bits per heavy atom. The molecule has 0 saturated carbocycles. The molecule has 0 aliphatic rings. The highest BCUT2D eigenvalue weighted by Crippen LogP contribution is 2.27. The van der Waals surface area contributed by atoms with E-state index in [4.69, 9.17) is 4.74 Å². The van der Waals surface area contributed by atoms with Crippen molar-refractivity contribution < 1.29 is 24.2 Å². The number of ether oxygens (including phenoxy) is 1. The minimum atomic E-state index is -0.846. The van der Waals surface area contributed by atoms with Crippen LogP contribution in [-0.4, -0.2) is 47.4 Å². The smallest absolute Gasteiger partial charge is 0.242 e. The Kier molecular flexibility index (Phi) is 10.3. The molecule has 8 heteroatoms. The number of aryl methyl sites for hydroxylation is 1. The molecule has 0 aliphatic carbocycles. The van der Waals surface area contributed by atoms with Crippen LogP contribution >= 0.6 is 0 Å². The van der Waals surface area contributed by atoms with Gasteiger partial charge in [-0.3, -0.25) is 9.59 Å². The van der Waals surface area contributed by atoms with E-state index in [1.807, 2.05) is 43.3 Å². The molecule has 2 amide bonds. The molecule has 8 nitrogen and oxygen atoms in total. The molecule has 0 aliphatic heterocycles. The van der Waals surface area contributed by atoms with Gasteiger partial charge in [0.1, 0.15) is 17.6 Å². The third-order valence-electron chi connectivity index (χ3n) is 6.49. The zero-order valence-corrected chi connectivity index (χ0v) is 21.8. The van der Waals surface area contributed by atoms with Gasteiger partial charge in [0.25, 0.3) is 0 Å². The number of aliphatic hydroxyl groups is 1. The number of carbonyl (C=O) groups excluding carboxylic acids is 3. The standard InChI is InChI=1S/C29H37N3O5/c1-19(33)10-6-4-9-13-26(29(36)30-18-27(34)21-11-7-5-8-12-21)32-28(35)17-23-20(2)31-25-15-14-22(37-3)16-24(23)25/h5,7-8,11-12,14-16,26-27,31,34H,4,6,9-10,13,17-18H2,1-3H3,(H,30,36)(H,32,35)/t26-,27?/m0/s1. The number of unbranched alkanes of at least 4 members (excludes halogenated alkanes) is 2. The van der Waals surface area contributed by atoms with E-state index < -0.39 is 12.1 Å². The van der Waals surface area contributed by atoms with Gasteiger partial charge in [0.2, 0.25) is 11.8 Å². The fourth-order valence-corrected chi connectivity index (χ4v) is 4.40. The Balaban J connectivity index is 1.66. The zero-order valence-electron chi connectivity index (χ0n) is 21.8. The SMILES string of the molecule is COc1ccc2[nH]c(C)c(CC(=O)N[C@@H](CCCCCC(C)=O)C(=O)NCC(O)c3ccccc3)c2c1. The Morgan fingerprint density at radius 1 is 1.05 bits per heavy atom. The third kappa shape index (κ3) is 8.18. The van der Waals surface area contributed by atoms with Crippen molar-refractivity contribution in [2.24, 2.45) is 0 Å². The van der Waals surface area contributed by atoms with Gasteiger partial charge in [-0.15, -0.1) is 0 Å². The van der Waals surface area contributed by atoms with Crippen LogP contribution in [0, 0.1) is 6.92 Å². The average molecular weight is 508 g/mol. The van der Waals surface area contributed by atoms with Gasteiger partial charge >= 0.3 is 0 Å². The maximum Gasteiger partial charge on any atom is 0.242 e. The lowest BCUT2D eigenvalue weighted by Gasteiger charge is -2.20. The molecule has 2 atom stereocenters. The van der Waals surface area contributed by atoms with Crippen molar-refractivity contribution in [2.45, 2.75) is 64.5 Å². The minimum Gasteiger partial charge on any atom is -0.497 e. The third-order valence-corrected chi connectivity index (χ3v) is 6.49. The number of carbonyl (C=O) groups is 3. The van der Waals surface area contributed by atoms with Crippen LogP contribution in [0.5, 0.6) is 5.75 Å².